The molecule has 0 spiro atoms. The Kier molecular flexibility index (Phi) is 2.56. The van der Waals surface area contributed by atoms with E-state index in [9.17, 15) is 5.11 Å². The highest BCUT2D eigenvalue weighted by Gasteiger charge is 2.09. The van der Waals surface area contributed by atoms with Gasteiger partial charge in [0.15, 0.2) is 0 Å². The van der Waals surface area contributed by atoms with Crippen LogP contribution in [0.4, 0.5) is 0 Å². The van der Waals surface area contributed by atoms with Crippen LogP contribution in [-0.4, -0.2) is 10.1 Å². The van der Waals surface area contributed by atoms with Gasteiger partial charge in [-0.1, -0.05) is 23.2 Å². The zero-order valence-corrected chi connectivity index (χ0v) is 9.86. The average Bonchev–Trinajstić information content (AvgIpc) is 2.10. The molecular weight excluding hydrogens is 289 g/mol. The fourth-order valence-electron chi connectivity index (χ4n) is 1.20. The van der Waals surface area contributed by atoms with Crippen molar-refractivity contribution in [3.8, 4) is 5.75 Å². The summed E-state index contributed by atoms with van der Waals surface area (Å²) in [6.45, 7) is 0. The summed E-state index contributed by atoms with van der Waals surface area (Å²) in [5, 5.41) is 10.9. The second-order valence-corrected chi connectivity index (χ2v) is 4.31. The summed E-state index contributed by atoms with van der Waals surface area (Å²) in [6.07, 6.45) is 0. The van der Waals surface area contributed by atoms with Crippen molar-refractivity contribution < 1.29 is 5.11 Å². The number of phenols is 1. The summed E-state index contributed by atoms with van der Waals surface area (Å²) in [7, 11) is 0. The fraction of sp³-hybridized carbons (Fsp3) is 0. The number of aromatic nitrogens is 1. The van der Waals surface area contributed by atoms with E-state index in [2.05, 4.69) is 20.9 Å². The summed E-state index contributed by atoms with van der Waals surface area (Å²) in [4.78, 5) is 4.08. The summed E-state index contributed by atoms with van der Waals surface area (Å²) < 4.78 is 0.532. The molecule has 72 valence electrons. The number of fused-ring (bicyclic) bond motifs is 1. The number of benzene rings is 1. The highest BCUT2D eigenvalue weighted by molar-refractivity contribution is 9.10. The molecule has 0 saturated carbocycles. The zero-order chi connectivity index (χ0) is 10.3. The monoisotopic (exact) mass is 291 g/mol. The maximum atomic E-state index is 9.44. The molecule has 0 atom stereocenters. The zero-order valence-electron chi connectivity index (χ0n) is 6.76. The van der Waals surface area contributed by atoms with Gasteiger partial charge >= 0.3 is 0 Å². The van der Waals surface area contributed by atoms with Crippen molar-refractivity contribution in [1.82, 2.24) is 4.98 Å². The second-order valence-electron chi connectivity index (χ2n) is 2.72. The van der Waals surface area contributed by atoms with Crippen molar-refractivity contribution in [2.24, 2.45) is 0 Å². The first-order valence-electron chi connectivity index (χ1n) is 3.73. The molecule has 14 heavy (non-hydrogen) atoms. The maximum Gasteiger partial charge on any atom is 0.131 e. The third kappa shape index (κ3) is 1.56. The van der Waals surface area contributed by atoms with E-state index in [1.54, 1.807) is 6.07 Å². The number of halogens is 3. The minimum atomic E-state index is 0.128. The molecule has 1 heterocycles. The van der Waals surface area contributed by atoms with Gasteiger partial charge in [0, 0.05) is 5.39 Å². The van der Waals surface area contributed by atoms with E-state index in [0.29, 0.717) is 25.6 Å². The maximum absolute atomic E-state index is 9.44. The van der Waals surface area contributed by atoms with Crippen LogP contribution >= 0.6 is 39.1 Å². The molecule has 2 rings (SSSR count). The van der Waals surface area contributed by atoms with Gasteiger partial charge in [-0.15, -0.1) is 0 Å². The molecule has 1 N–H and O–H groups in total. The Hall–Kier alpha value is -0.510. The summed E-state index contributed by atoms with van der Waals surface area (Å²) in [5.41, 5.74) is 0.646. The largest absolute Gasteiger partial charge is 0.507 e. The van der Waals surface area contributed by atoms with Gasteiger partial charge < -0.3 is 5.11 Å². The first-order chi connectivity index (χ1) is 6.59. The fourth-order valence-corrected chi connectivity index (χ4v) is 2.41. The van der Waals surface area contributed by atoms with Crippen LogP contribution < -0.4 is 0 Å². The Morgan fingerprint density at radius 1 is 1.29 bits per heavy atom. The lowest BCUT2D eigenvalue weighted by atomic mass is 10.2. The first-order valence-corrected chi connectivity index (χ1v) is 5.27. The SMILES string of the molecule is Oc1ccc2nc(Cl)cc(Cl)c2c1Br. The number of hydrogen-bond donors (Lipinski definition) is 1. The molecule has 0 bridgehead atoms. The van der Waals surface area contributed by atoms with Crippen molar-refractivity contribution in [2.75, 3.05) is 0 Å². The standard InChI is InChI=1S/C9H4BrCl2NO/c10-9-6(14)2-1-5-8(9)4(11)3-7(12)13-5/h1-3,14H. The van der Waals surface area contributed by atoms with Crippen LogP contribution in [0.5, 0.6) is 5.75 Å². The van der Waals surface area contributed by atoms with Crippen LogP contribution in [0.2, 0.25) is 10.2 Å². The normalized spacial score (nSPS) is 10.8. The Labute approximate surface area is 98.6 Å². The molecule has 2 aromatic rings. The van der Waals surface area contributed by atoms with E-state index in [4.69, 9.17) is 23.2 Å². The van der Waals surface area contributed by atoms with E-state index in [-0.39, 0.29) is 5.75 Å². The minimum Gasteiger partial charge on any atom is -0.507 e. The number of rotatable bonds is 0. The lowest BCUT2D eigenvalue weighted by molar-refractivity contribution is 0.473. The van der Waals surface area contributed by atoms with E-state index >= 15 is 0 Å². The Bertz CT molecular complexity index is 516. The number of phenolic OH excluding ortho intramolecular Hbond substituents is 1. The third-order valence-corrected chi connectivity index (χ3v) is 3.11. The summed E-state index contributed by atoms with van der Waals surface area (Å²) >= 11 is 15.0. The third-order valence-electron chi connectivity index (χ3n) is 1.81. The topological polar surface area (TPSA) is 33.1 Å². The molecule has 0 radical (unpaired) electrons. The van der Waals surface area contributed by atoms with Crippen LogP contribution in [0.25, 0.3) is 10.9 Å². The lowest BCUT2D eigenvalue weighted by Crippen LogP contribution is -1.83. The summed E-state index contributed by atoms with van der Waals surface area (Å²) in [6, 6.07) is 4.73. The highest BCUT2D eigenvalue weighted by Crippen LogP contribution is 2.36. The van der Waals surface area contributed by atoms with Gasteiger partial charge in [0.1, 0.15) is 10.9 Å². The van der Waals surface area contributed by atoms with E-state index in [0.717, 1.165) is 0 Å². The molecular formula is C9H4BrCl2NO. The van der Waals surface area contributed by atoms with E-state index in [1.807, 2.05) is 0 Å². The molecule has 0 aliphatic rings. The van der Waals surface area contributed by atoms with Crippen molar-refractivity contribution in [2.45, 2.75) is 0 Å². The quantitative estimate of drug-likeness (QED) is 0.744. The van der Waals surface area contributed by atoms with Gasteiger partial charge in [-0.3, -0.25) is 0 Å². The van der Waals surface area contributed by atoms with E-state index < -0.39 is 0 Å². The van der Waals surface area contributed by atoms with Crippen molar-refractivity contribution in [1.29, 1.82) is 0 Å². The Morgan fingerprint density at radius 3 is 2.71 bits per heavy atom. The Balaban J connectivity index is 2.95. The predicted octanol–water partition coefficient (Wildman–Crippen LogP) is 4.01. The van der Waals surface area contributed by atoms with Crippen molar-refractivity contribution in [3.63, 3.8) is 0 Å². The van der Waals surface area contributed by atoms with Gasteiger partial charge in [0.2, 0.25) is 0 Å². The molecule has 1 aromatic heterocycles. The van der Waals surface area contributed by atoms with Crippen LogP contribution in [0.15, 0.2) is 22.7 Å². The van der Waals surface area contributed by atoms with Crippen molar-refractivity contribution >= 4 is 50.0 Å². The molecule has 0 aliphatic heterocycles. The average molecular weight is 293 g/mol. The van der Waals surface area contributed by atoms with Gasteiger partial charge in [-0.25, -0.2) is 4.98 Å². The lowest BCUT2D eigenvalue weighted by Gasteiger charge is -2.04. The molecule has 0 aliphatic carbocycles. The molecule has 0 amide bonds. The van der Waals surface area contributed by atoms with Gasteiger partial charge in [-0.05, 0) is 34.1 Å². The minimum absolute atomic E-state index is 0.128. The van der Waals surface area contributed by atoms with Gasteiger partial charge in [0.25, 0.3) is 0 Å². The van der Waals surface area contributed by atoms with Crippen LogP contribution in [0, 0.1) is 0 Å². The number of hydrogen-bond acceptors (Lipinski definition) is 2. The number of aromatic hydroxyl groups is 1. The molecule has 0 unspecified atom stereocenters. The second kappa shape index (κ2) is 3.57. The number of pyridine rings is 1. The Morgan fingerprint density at radius 2 is 2.00 bits per heavy atom. The molecule has 1 aromatic carbocycles. The van der Waals surface area contributed by atoms with Crippen LogP contribution in [0.1, 0.15) is 0 Å². The van der Waals surface area contributed by atoms with Gasteiger partial charge in [0.05, 0.1) is 15.0 Å². The predicted molar refractivity (Wildman–Crippen MR) is 61.1 cm³/mol. The van der Waals surface area contributed by atoms with Crippen LogP contribution in [-0.2, 0) is 0 Å². The van der Waals surface area contributed by atoms with Gasteiger partial charge in [-0.2, -0.15) is 0 Å². The first kappa shape index (κ1) is 10.0. The van der Waals surface area contributed by atoms with E-state index in [1.165, 1.54) is 12.1 Å². The highest BCUT2D eigenvalue weighted by atomic mass is 79.9. The molecule has 0 fully saturated rings. The van der Waals surface area contributed by atoms with Crippen molar-refractivity contribution in [3.05, 3.63) is 32.8 Å². The number of nitrogens with zero attached hydrogens (tertiary/aromatic N) is 1. The molecule has 0 saturated heterocycles. The smallest absolute Gasteiger partial charge is 0.131 e. The van der Waals surface area contributed by atoms with Crippen LogP contribution in [0.3, 0.4) is 0 Å². The molecule has 2 nitrogen and oxygen atoms in total. The summed E-state index contributed by atoms with van der Waals surface area (Å²) in [5.74, 6) is 0.128. The molecule has 5 heteroatoms.